The number of nitrogens with zero attached hydrogens (tertiary/aromatic N) is 1. The van der Waals surface area contributed by atoms with Crippen LogP contribution in [0.3, 0.4) is 0 Å². The number of aliphatic imine (C=N–C) groups is 1. The molecule has 0 radical (unpaired) electrons. The Hall–Kier alpha value is -6.62. The third kappa shape index (κ3) is 9.10. The molecule has 0 aliphatic heterocycles. The maximum absolute atomic E-state index is 8.29. The van der Waals surface area contributed by atoms with Crippen molar-refractivity contribution in [3.05, 3.63) is 216 Å². The molecule has 7 aromatic carbocycles. The minimum Gasteiger partial charge on any atom is -0.496 e. The Kier molecular flexibility index (Phi) is 12.8. The van der Waals surface area contributed by atoms with E-state index in [2.05, 4.69) is 146 Å². The molecule has 1 unspecified atom stereocenters. The van der Waals surface area contributed by atoms with E-state index >= 15 is 0 Å². The van der Waals surface area contributed by atoms with Crippen molar-refractivity contribution in [2.45, 2.75) is 25.8 Å². The molecule has 1 atom stereocenters. The molecule has 9 rings (SSSR count). The molecular weight excluding hydrogens is 713 g/mol. The monoisotopic (exact) mass is 758 g/mol. The smallest absolute Gasteiger partial charge is 0.126 e. The fourth-order valence-electron chi connectivity index (χ4n) is 7.25. The molecule has 57 heavy (non-hydrogen) atoms. The van der Waals surface area contributed by atoms with E-state index in [4.69, 9.17) is 10.1 Å². The van der Waals surface area contributed by atoms with Gasteiger partial charge in [-0.1, -0.05) is 175 Å². The summed E-state index contributed by atoms with van der Waals surface area (Å²) in [6, 6.07) is 58.8. The lowest BCUT2D eigenvalue weighted by Gasteiger charge is -2.19. The Morgan fingerprint density at radius 1 is 0.702 bits per heavy atom. The second-order valence-corrected chi connectivity index (χ2v) is 14.9. The zero-order chi connectivity index (χ0) is 39.4. The van der Waals surface area contributed by atoms with Crippen molar-refractivity contribution in [2.24, 2.45) is 4.99 Å². The Morgan fingerprint density at radius 3 is 1.93 bits per heavy atom. The predicted molar refractivity (Wildman–Crippen MR) is 246 cm³/mol. The molecule has 0 saturated heterocycles. The van der Waals surface area contributed by atoms with Gasteiger partial charge in [0.25, 0.3) is 0 Å². The van der Waals surface area contributed by atoms with Gasteiger partial charge in [-0.05, 0) is 71.7 Å². The van der Waals surface area contributed by atoms with Gasteiger partial charge in [-0.2, -0.15) is 0 Å². The first-order chi connectivity index (χ1) is 28.1. The molecule has 3 nitrogen and oxygen atoms in total. The molecule has 0 spiro atoms. The van der Waals surface area contributed by atoms with Gasteiger partial charge in [0, 0.05) is 49.0 Å². The number of para-hydroxylation sites is 1. The maximum Gasteiger partial charge on any atom is 0.126 e. The normalized spacial score (nSPS) is 13.1. The van der Waals surface area contributed by atoms with Crippen LogP contribution in [0, 0.1) is 12.3 Å². The van der Waals surface area contributed by atoms with Gasteiger partial charge in [0.2, 0.25) is 0 Å². The number of benzene rings is 7. The SMILES string of the molecule is C=NCc1ccccc1.COc1ccccc1C1=CCC(c2ccc(C=N)c3c2sc2c(-c4ccccc4)cc(-c4ccccc4)cc23)C=C1.Cc1ccccc1. The van der Waals surface area contributed by atoms with Crippen molar-refractivity contribution in [3.63, 3.8) is 0 Å². The summed E-state index contributed by atoms with van der Waals surface area (Å²) in [6.07, 6.45) is 9.32. The van der Waals surface area contributed by atoms with Crippen LogP contribution in [0.15, 0.2) is 193 Å². The van der Waals surface area contributed by atoms with Crippen molar-refractivity contribution < 1.29 is 4.74 Å². The molecule has 8 aromatic rings. The standard InChI is InChI=1S/C38H29NOS.C8H9N.C7H8/c1-40-35-15-9-8-14-31(35)27-16-18-28(19-17-27)32-21-20-29(24-39)36-34-23-30(25-10-4-2-5-11-25)22-33(37(34)41-38(32)36)26-12-6-3-7-13-26;1-9-7-8-5-3-2-4-6-8;1-7-5-3-2-4-6-7/h2-18,20-24,28,39H,19H2,1H3;2-6H,1,7H2;2-6H,1H3. The topological polar surface area (TPSA) is 45.4 Å². The molecule has 280 valence electrons. The van der Waals surface area contributed by atoms with Crippen LogP contribution in [0.2, 0.25) is 0 Å². The first-order valence-corrected chi connectivity index (χ1v) is 20.0. The fourth-order valence-corrected chi connectivity index (χ4v) is 8.68. The van der Waals surface area contributed by atoms with Crippen LogP contribution >= 0.6 is 11.3 Å². The number of hydrogen-bond acceptors (Lipinski definition) is 4. The summed E-state index contributed by atoms with van der Waals surface area (Å²) in [4.78, 5) is 3.76. The molecule has 1 aliphatic rings. The molecular formula is C53H46N2OS. The Balaban J connectivity index is 0.000000257. The molecule has 0 bridgehead atoms. The highest BCUT2D eigenvalue weighted by atomic mass is 32.1. The van der Waals surface area contributed by atoms with E-state index in [0.717, 1.165) is 29.8 Å². The van der Waals surface area contributed by atoms with Gasteiger partial charge in [-0.3, -0.25) is 4.99 Å². The molecule has 1 aliphatic carbocycles. The van der Waals surface area contributed by atoms with Gasteiger partial charge in [0.1, 0.15) is 5.75 Å². The zero-order valence-corrected chi connectivity index (χ0v) is 33.3. The average molecular weight is 759 g/mol. The van der Waals surface area contributed by atoms with E-state index in [0.29, 0.717) is 0 Å². The van der Waals surface area contributed by atoms with Gasteiger partial charge in [0.05, 0.1) is 13.7 Å². The van der Waals surface area contributed by atoms with E-state index in [1.807, 2.05) is 72.0 Å². The first-order valence-electron chi connectivity index (χ1n) is 19.2. The van der Waals surface area contributed by atoms with Gasteiger partial charge < -0.3 is 10.1 Å². The molecule has 1 heterocycles. The molecule has 0 amide bonds. The van der Waals surface area contributed by atoms with Gasteiger partial charge in [0.15, 0.2) is 0 Å². The van der Waals surface area contributed by atoms with Crippen LogP contribution in [-0.4, -0.2) is 20.0 Å². The van der Waals surface area contributed by atoms with Gasteiger partial charge >= 0.3 is 0 Å². The summed E-state index contributed by atoms with van der Waals surface area (Å²) < 4.78 is 8.16. The average Bonchev–Trinajstić information content (AvgIpc) is 3.67. The van der Waals surface area contributed by atoms with E-state index in [9.17, 15) is 0 Å². The van der Waals surface area contributed by atoms with E-state index in [-0.39, 0.29) is 5.92 Å². The molecule has 0 fully saturated rings. The van der Waals surface area contributed by atoms with Crippen LogP contribution in [0.5, 0.6) is 5.75 Å². The van der Waals surface area contributed by atoms with Crippen molar-refractivity contribution in [1.82, 2.24) is 0 Å². The Labute approximate surface area is 340 Å². The van der Waals surface area contributed by atoms with Crippen LogP contribution in [-0.2, 0) is 6.54 Å². The van der Waals surface area contributed by atoms with Crippen LogP contribution in [0.25, 0.3) is 48.0 Å². The molecule has 1 N–H and O–H groups in total. The number of allylic oxidation sites excluding steroid dienone is 4. The van der Waals surface area contributed by atoms with Crippen LogP contribution < -0.4 is 4.74 Å². The number of ether oxygens (including phenoxy) is 1. The van der Waals surface area contributed by atoms with E-state index in [1.54, 1.807) is 7.11 Å². The summed E-state index contributed by atoms with van der Waals surface area (Å²) in [5.41, 5.74) is 12.0. The highest BCUT2D eigenvalue weighted by Gasteiger charge is 2.22. The van der Waals surface area contributed by atoms with Gasteiger partial charge in [-0.15, -0.1) is 11.3 Å². The summed E-state index contributed by atoms with van der Waals surface area (Å²) in [6.45, 7) is 6.21. The number of nitrogens with one attached hydrogen (secondary N) is 1. The summed E-state index contributed by atoms with van der Waals surface area (Å²) in [5.74, 6) is 1.16. The maximum atomic E-state index is 8.29. The molecule has 4 heteroatoms. The second kappa shape index (κ2) is 18.8. The minimum atomic E-state index is 0.262. The highest BCUT2D eigenvalue weighted by molar-refractivity contribution is 7.26. The van der Waals surface area contributed by atoms with Crippen LogP contribution in [0.4, 0.5) is 0 Å². The van der Waals surface area contributed by atoms with E-state index in [1.165, 1.54) is 70.9 Å². The summed E-state index contributed by atoms with van der Waals surface area (Å²) >= 11 is 1.86. The number of hydrogen-bond donors (Lipinski definition) is 1. The lowest BCUT2D eigenvalue weighted by Crippen LogP contribution is -2.00. The van der Waals surface area contributed by atoms with Crippen molar-refractivity contribution >= 4 is 50.0 Å². The van der Waals surface area contributed by atoms with Crippen molar-refractivity contribution in [3.8, 4) is 28.0 Å². The number of methoxy groups -OCH3 is 1. The highest BCUT2D eigenvalue weighted by Crippen LogP contribution is 2.47. The quantitative estimate of drug-likeness (QED) is 0.154. The second-order valence-electron chi connectivity index (χ2n) is 13.9. The molecule has 0 saturated carbocycles. The lowest BCUT2D eigenvalue weighted by molar-refractivity contribution is 0.413. The predicted octanol–water partition coefficient (Wildman–Crippen LogP) is 14.4. The Bertz CT molecular complexity index is 2640. The number of fused-ring (bicyclic) bond motifs is 3. The van der Waals surface area contributed by atoms with Crippen molar-refractivity contribution in [1.29, 1.82) is 5.41 Å². The minimum absolute atomic E-state index is 0.262. The first kappa shape index (κ1) is 38.6. The lowest BCUT2D eigenvalue weighted by atomic mass is 9.86. The number of rotatable bonds is 8. The fraction of sp³-hybridized carbons (Fsp3) is 0.0943. The molecule has 1 aromatic heterocycles. The Morgan fingerprint density at radius 2 is 1.33 bits per heavy atom. The van der Waals surface area contributed by atoms with Gasteiger partial charge in [-0.25, -0.2) is 0 Å². The third-order valence-corrected chi connectivity index (χ3v) is 11.4. The third-order valence-electron chi connectivity index (χ3n) is 10.1. The van der Waals surface area contributed by atoms with Crippen LogP contribution in [0.1, 0.15) is 40.2 Å². The number of thiophene rings is 1. The summed E-state index contributed by atoms with van der Waals surface area (Å²) in [5, 5.41) is 10.7. The van der Waals surface area contributed by atoms with E-state index < -0.39 is 0 Å². The number of aryl methyl sites for hydroxylation is 1. The largest absolute Gasteiger partial charge is 0.496 e. The summed E-state index contributed by atoms with van der Waals surface area (Å²) in [7, 11) is 1.73. The zero-order valence-electron chi connectivity index (χ0n) is 32.4. The van der Waals surface area contributed by atoms with Crippen molar-refractivity contribution in [2.75, 3.05) is 7.11 Å².